The number of benzene rings is 1. The van der Waals surface area contributed by atoms with Gasteiger partial charge < -0.3 is 10.0 Å². The van der Waals surface area contributed by atoms with E-state index in [0.29, 0.717) is 23.9 Å². The molecule has 1 aromatic carbocycles. The zero-order valence-electron chi connectivity index (χ0n) is 12.4. The van der Waals surface area contributed by atoms with E-state index in [9.17, 15) is 9.90 Å². The highest BCUT2D eigenvalue weighted by Gasteiger charge is 2.45. The second kappa shape index (κ2) is 5.13. The van der Waals surface area contributed by atoms with Gasteiger partial charge in [0.15, 0.2) is 0 Å². The van der Waals surface area contributed by atoms with Crippen LogP contribution in [0.5, 0.6) is 0 Å². The predicted molar refractivity (Wildman–Crippen MR) is 81.0 cm³/mol. The highest BCUT2D eigenvalue weighted by atomic mass is 16.3. The summed E-state index contributed by atoms with van der Waals surface area (Å²) < 4.78 is 0. The predicted octanol–water partition coefficient (Wildman–Crippen LogP) is 2.48. The zero-order valence-corrected chi connectivity index (χ0v) is 12.4. The molecule has 2 unspecified atom stereocenters. The van der Waals surface area contributed by atoms with Gasteiger partial charge in [-0.1, -0.05) is 24.3 Å². The molecule has 4 rings (SSSR count). The van der Waals surface area contributed by atoms with Gasteiger partial charge in [-0.25, -0.2) is 0 Å². The number of carbonyl (C=O) groups excluding carboxylic acids is 1. The van der Waals surface area contributed by atoms with Crippen LogP contribution in [-0.2, 0) is 11.2 Å². The van der Waals surface area contributed by atoms with E-state index in [2.05, 4.69) is 29.2 Å². The summed E-state index contributed by atoms with van der Waals surface area (Å²) in [4.78, 5) is 15.3. The molecule has 2 heterocycles. The third kappa shape index (κ3) is 2.10. The molecule has 2 aliphatic heterocycles. The SMILES string of the molecule is O=C(C1CCc2ccccc21)N1[C@@H]2CC[C@H]1CC(CO)C2. The van der Waals surface area contributed by atoms with Crippen molar-refractivity contribution in [1.29, 1.82) is 0 Å². The van der Waals surface area contributed by atoms with Gasteiger partial charge in [-0.2, -0.15) is 0 Å². The Morgan fingerprint density at radius 2 is 1.86 bits per heavy atom. The number of aliphatic hydroxyl groups excluding tert-OH is 1. The van der Waals surface area contributed by atoms with Crippen molar-refractivity contribution in [3.8, 4) is 0 Å². The van der Waals surface area contributed by atoms with Gasteiger partial charge in [0.1, 0.15) is 0 Å². The van der Waals surface area contributed by atoms with E-state index < -0.39 is 0 Å². The number of piperidine rings is 1. The summed E-state index contributed by atoms with van der Waals surface area (Å²) >= 11 is 0. The van der Waals surface area contributed by atoms with E-state index in [4.69, 9.17) is 0 Å². The van der Waals surface area contributed by atoms with E-state index in [1.165, 1.54) is 11.1 Å². The lowest BCUT2D eigenvalue weighted by Crippen LogP contribution is -2.48. The Morgan fingerprint density at radius 1 is 1.14 bits per heavy atom. The minimum Gasteiger partial charge on any atom is -0.396 e. The molecule has 0 radical (unpaired) electrons. The quantitative estimate of drug-likeness (QED) is 0.907. The minimum atomic E-state index is 0.0787. The molecule has 21 heavy (non-hydrogen) atoms. The molecule has 0 spiro atoms. The van der Waals surface area contributed by atoms with Gasteiger partial charge in [0.05, 0.1) is 5.92 Å². The first-order valence-electron chi connectivity index (χ1n) is 8.28. The second-order valence-electron chi connectivity index (χ2n) is 6.94. The van der Waals surface area contributed by atoms with Gasteiger partial charge >= 0.3 is 0 Å². The number of carbonyl (C=O) groups is 1. The molecule has 3 heteroatoms. The minimum absolute atomic E-state index is 0.0787. The van der Waals surface area contributed by atoms with Crippen molar-refractivity contribution in [3.05, 3.63) is 35.4 Å². The average molecular weight is 285 g/mol. The summed E-state index contributed by atoms with van der Waals surface area (Å²) in [6.07, 6.45) is 6.25. The van der Waals surface area contributed by atoms with Crippen LogP contribution in [0.3, 0.4) is 0 Å². The molecular formula is C18H23NO2. The fourth-order valence-electron chi connectivity index (χ4n) is 4.79. The lowest BCUT2D eigenvalue weighted by atomic mass is 9.89. The number of aryl methyl sites for hydroxylation is 1. The highest BCUT2D eigenvalue weighted by molar-refractivity contribution is 5.86. The fourth-order valence-corrected chi connectivity index (χ4v) is 4.79. The van der Waals surface area contributed by atoms with Gasteiger partial charge in [-0.3, -0.25) is 4.79 Å². The maximum Gasteiger partial charge on any atom is 0.230 e. The lowest BCUT2D eigenvalue weighted by molar-refractivity contribution is -0.138. The third-order valence-electron chi connectivity index (χ3n) is 5.77. The lowest BCUT2D eigenvalue weighted by Gasteiger charge is -2.40. The van der Waals surface area contributed by atoms with Gasteiger partial charge in [0.2, 0.25) is 5.91 Å². The smallest absolute Gasteiger partial charge is 0.230 e. The Kier molecular flexibility index (Phi) is 3.26. The maximum atomic E-state index is 13.1. The Labute approximate surface area is 126 Å². The van der Waals surface area contributed by atoms with E-state index in [1.54, 1.807) is 0 Å². The standard InChI is InChI=1S/C18H23NO2/c20-11-12-9-14-6-7-15(10-12)19(14)18(21)17-8-5-13-3-1-2-4-16(13)17/h1-4,12,14-15,17,20H,5-11H2/t12?,14-,15+,17?. The third-order valence-corrected chi connectivity index (χ3v) is 5.77. The molecule has 1 aliphatic carbocycles. The highest BCUT2D eigenvalue weighted by Crippen LogP contribution is 2.42. The second-order valence-corrected chi connectivity index (χ2v) is 6.94. The molecule has 1 aromatic rings. The van der Waals surface area contributed by atoms with Crippen LogP contribution in [0.4, 0.5) is 0 Å². The van der Waals surface area contributed by atoms with Crippen LogP contribution < -0.4 is 0 Å². The monoisotopic (exact) mass is 285 g/mol. The number of nitrogens with zero attached hydrogens (tertiary/aromatic N) is 1. The van der Waals surface area contributed by atoms with Crippen LogP contribution in [0.25, 0.3) is 0 Å². The van der Waals surface area contributed by atoms with Crippen molar-refractivity contribution < 1.29 is 9.90 Å². The van der Waals surface area contributed by atoms with Gasteiger partial charge in [0.25, 0.3) is 0 Å². The summed E-state index contributed by atoms with van der Waals surface area (Å²) in [6.45, 7) is 0.279. The Hall–Kier alpha value is -1.35. The Morgan fingerprint density at radius 3 is 2.57 bits per heavy atom. The van der Waals surface area contributed by atoms with E-state index >= 15 is 0 Å². The number of aliphatic hydroxyl groups is 1. The fraction of sp³-hybridized carbons (Fsp3) is 0.611. The topological polar surface area (TPSA) is 40.5 Å². The van der Waals surface area contributed by atoms with Gasteiger partial charge in [-0.05, 0) is 55.6 Å². The number of hydrogen-bond donors (Lipinski definition) is 1. The van der Waals surface area contributed by atoms with Crippen molar-refractivity contribution in [2.24, 2.45) is 5.92 Å². The maximum absolute atomic E-state index is 13.1. The molecule has 4 atom stereocenters. The first-order valence-corrected chi connectivity index (χ1v) is 8.28. The van der Waals surface area contributed by atoms with E-state index in [0.717, 1.165) is 38.5 Å². The summed E-state index contributed by atoms with van der Waals surface area (Å²) in [5, 5.41) is 9.42. The molecule has 1 N–H and O–H groups in total. The van der Waals surface area contributed by atoms with Gasteiger partial charge in [-0.15, -0.1) is 0 Å². The van der Waals surface area contributed by atoms with Gasteiger partial charge in [0, 0.05) is 18.7 Å². The summed E-state index contributed by atoms with van der Waals surface area (Å²) in [5.74, 6) is 0.834. The molecule has 3 nitrogen and oxygen atoms in total. The molecule has 112 valence electrons. The average Bonchev–Trinajstić information content (AvgIpc) is 3.05. The first-order chi connectivity index (χ1) is 10.3. The van der Waals surface area contributed by atoms with Crippen LogP contribution >= 0.6 is 0 Å². The summed E-state index contributed by atoms with van der Waals surface area (Å²) in [6, 6.07) is 9.17. The molecule has 0 aromatic heterocycles. The molecule has 2 saturated heterocycles. The van der Waals surface area contributed by atoms with Crippen molar-refractivity contribution in [1.82, 2.24) is 4.90 Å². The van der Waals surface area contributed by atoms with Crippen LogP contribution in [0.15, 0.2) is 24.3 Å². The molecule has 0 saturated carbocycles. The van der Waals surface area contributed by atoms with Crippen LogP contribution in [-0.4, -0.2) is 34.6 Å². The number of fused-ring (bicyclic) bond motifs is 3. The zero-order chi connectivity index (χ0) is 14.4. The molecule has 3 aliphatic rings. The number of hydrogen-bond acceptors (Lipinski definition) is 2. The first kappa shape index (κ1) is 13.3. The van der Waals surface area contributed by atoms with Crippen molar-refractivity contribution in [3.63, 3.8) is 0 Å². The van der Waals surface area contributed by atoms with Crippen LogP contribution in [0, 0.1) is 5.92 Å². The molecule has 2 fully saturated rings. The van der Waals surface area contributed by atoms with Crippen LogP contribution in [0.1, 0.15) is 49.1 Å². The molecule has 1 amide bonds. The van der Waals surface area contributed by atoms with Crippen molar-refractivity contribution >= 4 is 5.91 Å². The number of amides is 1. The normalized spacial score (nSPS) is 34.0. The number of rotatable bonds is 2. The molecule has 2 bridgehead atoms. The summed E-state index contributed by atoms with van der Waals surface area (Å²) in [7, 11) is 0. The Balaban J connectivity index is 1.57. The van der Waals surface area contributed by atoms with Crippen molar-refractivity contribution in [2.75, 3.05) is 6.61 Å². The largest absolute Gasteiger partial charge is 0.396 e. The van der Waals surface area contributed by atoms with Crippen LogP contribution in [0.2, 0.25) is 0 Å². The Bertz CT molecular complexity index is 542. The summed E-state index contributed by atoms with van der Waals surface area (Å²) in [5.41, 5.74) is 2.61. The van der Waals surface area contributed by atoms with E-state index in [1.807, 2.05) is 0 Å². The van der Waals surface area contributed by atoms with Crippen molar-refractivity contribution in [2.45, 2.75) is 56.5 Å². The van der Waals surface area contributed by atoms with E-state index in [-0.39, 0.29) is 12.5 Å². The molecular weight excluding hydrogens is 262 g/mol.